The molecule has 84 valence electrons. The van der Waals surface area contributed by atoms with Gasteiger partial charge < -0.3 is 9.84 Å². The number of esters is 1. The second-order valence-electron chi connectivity index (χ2n) is 4.68. The molecular weight excluding hydrogens is 192 g/mol. The summed E-state index contributed by atoms with van der Waals surface area (Å²) in [5.41, 5.74) is 0.844. The van der Waals surface area contributed by atoms with E-state index in [4.69, 9.17) is 4.74 Å². The van der Waals surface area contributed by atoms with E-state index in [9.17, 15) is 9.90 Å². The molecule has 0 bridgehead atoms. The number of ether oxygens (including phenoxy) is 1. The van der Waals surface area contributed by atoms with E-state index in [1.54, 1.807) is 6.92 Å². The standard InChI is InChI=1S/C12H18O3/c1-2-15-11(14)9-8-12(5-3-6-12)7-4-10(9)13/h13H,2-8H2,1H3. The molecule has 3 nitrogen and oxygen atoms in total. The van der Waals surface area contributed by atoms with E-state index in [2.05, 4.69) is 0 Å². The molecule has 1 spiro atoms. The summed E-state index contributed by atoms with van der Waals surface area (Å²) in [7, 11) is 0. The Balaban J connectivity index is 2.10. The van der Waals surface area contributed by atoms with Crippen molar-refractivity contribution in [1.29, 1.82) is 0 Å². The first kappa shape index (κ1) is 10.5. The molecular formula is C12H18O3. The molecule has 1 saturated carbocycles. The van der Waals surface area contributed by atoms with E-state index in [1.165, 1.54) is 19.3 Å². The predicted octanol–water partition coefficient (Wildman–Crippen LogP) is 2.72. The van der Waals surface area contributed by atoms with Crippen LogP contribution in [0.1, 0.15) is 45.4 Å². The Hall–Kier alpha value is -0.990. The number of rotatable bonds is 2. The number of aliphatic hydroxyl groups is 1. The van der Waals surface area contributed by atoms with Crippen LogP contribution in [0.4, 0.5) is 0 Å². The minimum Gasteiger partial charge on any atom is -0.512 e. The van der Waals surface area contributed by atoms with Crippen LogP contribution in [0, 0.1) is 5.41 Å². The molecule has 0 aliphatic heterocycles. The van der Waals surface area contributed by atoms with E-state index in [0.29, 0.717) is 24.0 Å². The largest absolute Gasteiger partial charge is 0.512 e. The molecule has 0 aromatic carbocycles. The lowest BCUT2D eigenvalue weighted by Crippen LogP contribution is -2.34. The van der Waals surface area contributed by atoms with Gasteiger partial charge in [0, 0.05) is 6.42 Å². The van der Waals surface area contributed by atoms with Crippen molar-refractivity contribution < 1.29 is 14.6 Å². The predicted molar refractivity (Wildman–Crippen MR) is 56.4 cm³/mol. The van der Waals surface area contributed by atoms with Gasteiger partial charge in [0.15, 0.2) is 0 Å². The zero-order valence-corrected chi connectivity index (χ0v) is 9.21. The molecule has 0 aromatic heterocycles. The normalized spacial score (nSPS) is 23.8. The minimum absolute atomic E-state index is 0.256. The highest BCUT2D eigenvalue weighted by molar-refractivity contribution is 5.89. The van der Waals surface area contributed by atoms with E-state index in [1.807, 2.05) is 0 Å². The van der Waals surface area contributed by atoms with Gasteiger partial charge in [-0.2, -0.15) is 0 Å². The Morgan fingerprint density at radius 2 is 2.20 bits per heavy atom. The molecule has 0 radical (unpaired) electrons. The van der Waals surface area contributed by atoms with Gasteiger partial charge in [0.25, 0.3) is 0 Å². The maximum Gasteiger partial charge on any atom is 0.337 e. The lowest BCUT2D eigenvalue weighted by atomic mass is 9.60. The summed E-state index contributed by atoms with van der Waals surface area (Å²) in [5, 5.41) is 9.70. The third-order valence-corrected chi connectivity index (χ3v) is 3.73. The molecule has 0 unspecified atom stereocenters. The van der Waals surface area contributed by atoms with Crippen LogP contribution in [0.2, 0.25) is 0 Å². The van der Waals surface area contributed by atoms with Crippen molar-refractivity contribution in [1.82, 2.24) is 0 Å². The van der Waals surface area contributed by atoms with Gasteiger partial charge in [-0.25, -0.2) is 4.79 Å². The van der Waals surface area contributed by atoms with Gasteiger partial charge in [0.2, 0.25) is 0 Å². The number of hydrogen-bond donors (Lipinski definition) is 1. The van der Waals surface area contributed by atoms with E-state index >= 15 is 0 Å². The van der Waals surface area contributed by atoms with Crippen LogP contribution < -0.4 is 0 Å². The van der Waals surface area contributed by atoms with Crippen molar-refractivity contribution in [3.63, 3.8) is 0 Å². The van der Waals surface area contributed by atoms with E-state index in [0.717, 1.165) is 12.8 Å². The summed E-state index contributed by atoms with van der Waals surface area (Å²) < 4.78 is 4.96. The highest BCUT2D eigenvalue weighted by Gasteiger charge is 2.42. The first-order valence-electron chi connectivity index (χ1n) is 5.75. The summed E-state index contributed by atoms with van der Waals surface area (Å²) in [5.74, 6) is -0.0630. The average Bonchev–Trinajstić information content (AvgIpc) is 2.16. The molecule has 2 aliphatic rings. The Labute approximate surface area is 90.1 Å². The van der Waals surface area contributed by atoms with Gasteiger partial charge in [-0.15, -0.1) is 0 Å². The molecule has 2 aliphatic carbocycles. The van der Waals surface area contributed by atoms with Gasteiger partial charge >= 0.3 is 5.97 Å². The fraction of sp³-hybridized carbons (Fsp3) is 0.750. The third kappa shape index (κ3) is 1.87. The third-order valence-electron chi connectivity index (χ3n) is 3.73. The second-order valence-corrected chi connectivity index (χ2v) is 4.68. The Bertz CT molecular complexity index is 300. The van der Waals surface area contributed by atoms with Gasteiger partial charge in [-0.1, -0.05) is 6.42 Å². The van der Waals surface area contributed by atoms with Crippen molar-refractivity contribution in [2.45, 2.75) is 45.4 Å². The van der Waals surface area contributed by atoms with Crippen molar-refractivity contribution >= 4 is 5.97 Å². The van der Waals surface area contributed by atoms with Crippen LogP contribution >= 0.6 is 0 Å². The fourth-order valence-electron chi connectivity index (χ4n) is 2.61. The molecule has 1 N–H and O–H groups in total. The number of allylic oxidation sites excluding steroid dienone is 1. The van der Waals surface area contributed by atoms with Gasteiger partial charge in [0.1, 0.15) is 5.76 Å². The maximum atomic E-state index is 11.6. The fourth-order valence-corrected chi connectivity index (χ4v) is 2.61. The number of hydrogen-bond acceptors (Lipinski definition) is 3. The molecule has 3 heteroatoms. The summed E-state index contributed by atoms with van der Waals surface area (Å²) in [6.07, 6.45) is 6.05. The van der Waals surface area contributed by atoms with Crippen molar-refractivity contribution in [3.05, 3.63) is 11.3 Å². The molecule has 0 heterocycles. The summed E-state index contributed by atoms with van der Waals surface area (Å²) in [4.78, 5) is 11.6. The zero-order chi connectivity index (χ0) is 10.9. The molecule has 0 amide bonds. The molecule has 1 fully saturated rings. The average molecular weight is 210 g/mol. The van der Waals surface area contributed by atoms with Crippen molar-refractivity contribution in [2.75, 3.05) is 6.61 Å². The highest BCUT2D eigenvalue weighted by Crippen LogP contribution is 2.52. The first-order chi connectivity index (χ1) is 7.17. The molecule has 0 aromatic rings. The van der Waals surface area contributed by atoms with E-state index in [-0.39, 0.29) is 11.7 Å². The highest BCUT2D eigenvalue weighted by atomic mass is 16.5. The zero-order valence-electron chi connectivity index (χ0n) is 9.21. The SMILES string of the molecule is CCOC(=O)C1=C(O)CCC2(CCC2)C1. The van der Waals surface area contributed by atoms with Crippen LogP contribution in [-0.4, -0.2) is 17.7 Å². The minimum atomic E-state index is -0.319. The van der Waals surface area contributed by atoms with Crippen LogP contribution in [0.25, 0.3) is 0 Å². The van der Waals surface area contributed by atoms with Crippen LogP contribution in [0.3, 0.4) is 0 Å². The van der Waals surface area contributed by atoms with Crippen LogP contribution in [0.15, 0.2) is 11.3 Å². The molecule has 2 rings (SSSR count). The topological polar surface area (TPSA) is 46.5 Å². The second kappa shape index (κ2) is 3.87. The summed E-state index contributed by atoms with van der Waals surface area (Å²) >= 11 is 0. The lowest BCUT2D eigenvalue weighted by molar-refractivity contribution is -0.139. The first-order valence-corrected chi connectivity index (χ1v) is 5.75. The molecule has 15 heavy (non-hydrogen) atoms. The molecule has 0 saturated heterocycles. The van der Waals surface area contributed by atoms with Gasteiger partial charge in [-0.3, -0.25) is 0 Å². The summed E-state index contributed by atoms with van der Waals surface area (Å²) in [6.45, 7) is 2.17. The lowest BCUT2D eigenvalue weighted by Gasteiger charge is -2.44. The Morgan fingerprint density at radius 1 is 1.47 bits per heavy atom. The Kier molecular flexibility index (Phi) is 2.72. The van der Waals surface area contributed by atoms with E-state index < -0.39 is 0 Å². The number of carbonyl (C=O) groups is 1. The Morgan fingerprint density at radius 3 is 2.73 bits per heavy atom. The molecule has 0 atom stereocenters. The van der Waals surface area contributed by atoms with Crippen LogP contribution in [0.5, 0.6) is 0 Å². The smallest absolute Gasteiger partial charge is 0.337 e. The quantitative estimate of drug-likeness (QED) is 0.713. The van der Waals surface area contributed by atoms with Gasteiger partial charge in [-0.05, 0) is 38.0 Å². The van der Waals surface area contributed by atoms with Crippen molar-refractivity contribution in [3.8, 4) is 0 Å². The van der Waals surface area contributed by atoms with Gasteiger partial charge in [0.05, 0.1) is 12.2 Å². The monoisotopic (exact) mass is 210 g/mol. The van der Waals surface area contributed by atoms with Crippen molar-refractivity contribution in [2.24, 2.45) is 5.41 Å². The number of aliphatic hydroxyl groups excluding tert-OH is 1. The number of carbonyl (C=O) groups excluding carboxylic acids is 1. The maximum absolute atomic E-state index is 11.6. The summed E-state index contributed by atoms with van der Waals surface area (Å²) in [6, 6.07) is 0. The van der Waals surface area contributed by atoms with Crippen LogP contribution in [-0.2, 0) is 9.53 Å².